The fraction of sp³-hybridized carbons (Fsp3) is 0.455. The van der Waals surface area contributed by atoms with Gasteiger partial charge in [-0.2, -0.15) is 4.31 Å². The number of hydrogen-bond donors (Lipinski definition) is 2. The van der Waals surface area contributed by atoms with Crippen molar-refractivity contribution in [2.45, 2.75) is 12.2 Å². The third-order valence-corrected chi connectivity index (χ3v) is 4.20. The van der Waals surface area contributed by atoms with E-state index in [1.165, 1.54) is 6.07 Å². The zero-order chi connectivity index (χ0) is 14.5. The van der Waals surface area contributed by atoms with E-state index >= 15 is 0 Å². The molecule has 0 bridgehead atoms. The number of nitrogens with zero attached hydrogens (tertiary/aromatic N) is 1. The van der Waals surface area contributed by atoms with Gasteiger partial charge in [-0.05, 0) is 17.7 Å². The molecular weight excluding hydrogens is 278 g/mol. The molecule has 0 heterocycles. The third kappa shape index (κ3) is 5.09. The number of anilines is 1. The lowest BCUT2D eigenvalue weighted by atomic mass is 10.2. The standard InChI is InChI=1S/C11H16F2N2O3S/c12-11(13)7-15(4-5-16)19(17,18)8-9-2-1-3-10(14)6-9/h1-3,6,11,16H,4-5,7-8,14H2. The van der Waals surface area contributed by atoms with Gasteiger partial charge >= 0.3 is 0 Å². The third-order valence-electron chi connectivity index (χ3n) is 2.38. The number of nitrogen functional groups attached to an aromatic ring is 1. The molecule has 0 atom stereocenters. The van der Waals surface area contributed by atoms with Crippen molar-refractivity contribution in [2.75, 3.05) is 25.4 Å². The molecule has 0 aromatic heterocycles. The SMILES string of the molecule is Nc1cccc(CS(=O)(=O)N(CCO)CC(F)F)c1. The molecule has 0 aliphatic heterocycles. The molecule has 1 aromatic rings. The van der Waals surface area contributed by atoms with Crippen molar-refractivity contribution in [3.63, 3.8) is 0 Å². The van der Waals surface area contributed by atoms with Gasteiger partial charge in [0, 0.05) is 12.2 Å². The molecule has 1 rings (SSSR count). The van der Waals surface area contributed by atoms with E-state index < -0.39 is 35.4 Å². The van der Waals surface area contributed by atoms with Crippen LogP contribution < -0.4 is 5.73 Å². The van der Waals surface area contributed by atoms with Crippen molar-refractivity contribution in [1.82, 2.24) is 4.31 Å². The molecule has 5 nitrogen and oxygen atoms in total. The lowest BCUT2D eigenvalue weighted by Crippen LogP contribution is -2.38. The molecule has 0 aliphatic carbocycles. The average molecular weight is 294 g/mol. The first-order valence-corrected chi connectivity index (χ1v) is 7.17. The van der Waals surface area contributed by atoms with Crippen molar-refractivity contribution >= 4 is 15.7 Å². The van der Waals surface area contributed by atoms with Crippen molar-refractivity contribution in [2.24, 2.45) is 0 Å². The van der Waals surface area contributed by atoms with Gasteiger partial charge in [0.05, 0.1) is 18.9 Å². The Morgan fingerprint density at radius 3 is 2.58 bits per heavy atom. The Morgan fingerprint density at radius 2 is 2.05 bits per heavy atom. The van der Waals surface area contributed by atoms with Gasteiger partial charge in [-0.1, -0.05) is 12.1 Å². The summed E-state index contributed by atoms with van der Waals surface area (Å²) in [4.78, 5) is 0. The zero-order valence-electron chi connectivity index (χ0n) is 10.2. The van der Waals surface area contributed by atoms with Gasteiger partial charge in [0.15, 0.2) is 0 Å². The van der Waals surface area contributed by atoms with Crippen LogP contribution in [0, 0.1) is 0 Å². The number of aliphatic hydroxyl groups excluding tert-OH is 1. The highest BCUT2D eigenvalue weighted by Crippen LogP contribution is 2.14. The van der Waals surface area contributed by atoms with Gasteiger partial charge in [-0.15, -0.1) is 0 Å². The van der Waals surface area contributed by atoms with E-state index in [4.69, 9.17) is 10.8 Å². The first-order chi connectivity index (χ1) is 8.85. The first-order valence-electron chi connectivity index (χ1n) is 5.56. The molecule has 0 aliphatic rings. The maximum Gasteiger partial charge on any atom is 0.252 e. The maximum atomic E-state index is 12.3. The molecule has 19 heavy (non-hydrogen) atoms. The van der Waals surface area contributed by atoms with Crippen LogP contribution in [0.2, 0.25) is 0 Å². The van der Waals surface area contributed by atoms with E-state index in [9.17, 15) is 17.2 Å². The Kier molecular flexibility index (Phi) is 5.64. The Balaban J connectivity index is 2.88. The van der Waals surface area contributed by atoms with Crippen LogP contribution in [0.1, 0.15) is 5.56 Å². The van der Waals surface area contributed by atoms with Crippen molar-refractivity contribution in [3.05, 3.63) is 29.8 Å². The van der Waals surface area contributed by atoms with Gasteiger partial charge in [0.25, 0.3) is 6.43 Å². The Bertz CT molecular complexity index is 508. The monoisotopic (exact) mass is 294 g/mol. The van der Waals surface area contributed by atoms with E-state index in [0.717, 1.165) is 0 Å². The molecule has 0 spiro atoms. The van der Waals surface area contributed by atoms with Gasteiger partial charge < -0.3 is 10.8 Å². The maximum absolute atomic E-state index is 12.3. The summed E-state index contributed by atoms with van der Waals surface area (Å²) in [6, 6.07) is 6.20. The summed E-state index contributed by atoms with van der Waals surface area (Å²) >= 11 is 0. The topological polar surface area (TPSA) is 83.6 Å². The summed E-state index contributed by atoms with van der Waals surface area (Å²) in [7, 11) is -3.91. The van der Waals surface area contributed by atoms with E-state index in [1.807, 2.05) is 0 Å². The fourth-order valence-electron chi connectivity index (χ4n) is 1.59. The highest BCUT2D eigenvalue weighted by Gasteiger charge is 2.25. The molecule has 3 N–H and O–H groups in total. The Hall–Kier alpha value is -1.25. The van der Waals surface area contributed by atoms with Gasteiger partial charge in [0.1, 0.15) is 0 Å². The minimum Gasteiger partial charge on any atom is -0.399 e. The summed E-state index contributed by atoms with van der Waals surface area (Å²) in [5, 5.41) is 8.75. The molecule has 0 fully saturated rings. The molecule has 8 heteroatoms. The number of benzene rings is 1. The van der Waals surface area contributed by atoms with Crippen LogP contribution in [-0.4, -0.2) is 44.0 Å². The van der Waals surface area contributed by atoms with Gasteiger partial charge in [-0.25, -0.2) is 17.2 Å². The van der Waals surface area contributed by atoms with Crippen LogP contribution in [0.3, 0.4) is 0 Å². The van der Waals surface area contributed by atoms with Crippen LogP contribution in [0.5, 0.6) is 0 Å². The Labute approximate surface area is 110 Å². The zero-order valence-corrected chi connectivity index (χ0v) is 11.0. The van der Waals surface area contributed by atoms with E-state index in [0.29, 0.717) is 15.6 Å². The minimum atomic E-state index is -3.91. The fourth-order valence-corrected chi connectivity index (χ4v) is 3.08. The smallest absolute Gasteiger partial charge is 0.252 e. The molecule has 0 amide bonds. The van der Waals surface area contributed by atoms with Crippen molar-refractivity contribution < 1.29 is 22.3 Å². The highest BCUT2D eigenvalue weighted by molar-refractivity contribution is 7.88. The Morgan fingerprint density at radius 1 is 1.37 bits per heavy atom. The quantitative estimate of drug-likeness (QED) is 0.724. The summed E-state index contributed by atoms with van der Waals surface area (Å²) in [6.07, 6.45) is -2.79. The normalized spacial score (nSPS) is 12.3. The summed E-state index contributed by atoms with van der Waals surface area (Å²) in [5.41, 5.74) is 6.34. The van der Waals surface area contributed by atoms with Crippen molar-refractivity contribution in [1.29, 1.82) is 0 Å². The number of nitrogens with two attached hydrogens (primary N) is 1. The summed E-state index contributed by atoms with van der Waals surface area (Å²) < 4.78 is 49.2. The number of halogens is 2. The van der Waals surface area contributed by atoms with E-state index in [2.05, 4.69) is 0 Å². The molecule has 0 radical (unpaired) electrons. The van der Waals surface area contributed by atoms with Gasteiger partial charge in [0.2, 0.25) is 10.0 Å². The highest BCUT2D eigenvalue weighted by atomic mass is 32.2. The van der Waals surface area contributed by atoms with Crippen LogP contribution in [0.4, 0.5) is 14.5 Å². The molecule has 0 saturated heterocycles. The molecule has 1 aromatic carbocycles. The van der Waals surface area contributed by atoms with Crippen LogP contribution >= 0.6 is 0 Å². The second kappa shape index (κ2) is 6.78. The molecule has 0 saturated carbocycles. The van der Waals surface area contributed by atoms with Crippen LogP contribution in [0.25, 0.3) is 0 Å². The largest absolute Gasteiger partial charge is 0.399 e. The van der Waals surface area contributed by atoms with Gasteiger partial charge in [-0.3, -0.25) is 0 Å². The summed E-state index contributed by atoms with van der Waals surface area (Å²) in [6.45, 7) is -1.79. The number of aliphatic hydroxyl groups is 1. The second-order valence-corrected chi connectivity index (χ2v) is 5.94. The van der Waals surface area contributed by atoms with E-state index in [-0.39, 0.29) is 6.54 Å². The van der Waals surface area contributed by atoms with Crippen LogP contribution in [0.15, 0.2) is 24.3 Å². The molecule has 0 unspecified atom stereocenters. The predicted octanol–water partition coefficient (Wildman–Crippen LogP) is 0.658. The first kappa shape index (κ1) is 15.8. The lowest BCUT2D eigenvalue weighted by molar-refractivity contribution is 0.113. The lowest BCUT2D eigenvalue weighted by Gasteiger charge is -2.20. The number of sulfonamides is 1. The minimum absolute atomic E-state index is 0.352. The van der Waals surface area contributed by atoms with Crippen LogP contribution in [-0.2, 0) is 15.8 Å². The summed E-state index contributed by atoms with van der Waals surface area (Å²) in [5.74, 6) is -0.426. The molecule has 108 valence electrons. The predicted molar refractivity (Wildman–Crippen MR) is 68.1 cm³/mol. The van der Waals surface area contributed by atoms with E-state index in [1.54, 1.807) is 18.2 Å². The number of alkyl halides is 2. The van der Waals surface area contributed by atoms with Crippen molar-refractivity contribution in [3.8, 4) is 0 Å². The second-order valence-electron chi connectivity index (χ2n) is 3.97. The average Bonchev–Trinajstić information content (AvgIpc) is 2.27. The number of hydrogen-bond acceptors (Lipinski definition) is 4. The molecular formula is C11H16F2N2O3S. The number of rotatable bonds is 7.